The number of ether oxygens (including phenoxy) is 1. The molecule has 1 aliphatic heterocycles. The number of nitrogens with one attached hydrogen (secondary N) is 1. The Hall–Kier alpha value is -3.61. The van der Waals surface area contributed by atoms with E-state index in [1.165, 1.54) is 54.6 Å². The highest BCUT2D eigenvalue weighted by atomic mass is 19.1. The minimum Gasteiger partial charge on any atom is -0.466 e. The highest BCUT2D eigenvalue weighted by Gasteiger charge is 2.58. The quantitative estimate of drug-likeness (QED) is 0.544. The van der Waals surface area contributed by atoms with E-state index in [1.54, 1.807) is 25.1 Å². The highest BCUT2D eigenvalue weighted by Crippen LogP contribution is 2.53. The lowest BCUT2D eigenvalue weighted by molar-refractivity contribution is -0.146. The summed E-state index contributed by atoms with van der Waals surface area (Å²) in [6, 6.07) is 17.1. The highest BCUT2D eigenvalue weighted by molar-refractivity contribution is 5.89. The fourth-order valence-electron chi connectivity index (χ4n) is 4.78. The van der Waals surface area contributed by atoms with Crippen molar-refractivity contribution in [3.8, 4) is 0 Å². The Kier molecular flexibility index (Phi) is 6.22. The van der Waals surface area contributed by atoms with Crippen molar-refractivity contribution < 1.29 is 27.5 Å². The summed E-state index contributed by atoms with van der Waals surface area (Å²) < 4.78 is 50.7. The molecule has 1 aliphatic rings. The van der Waals surface area contributed by atoms with Crippen LogP contribution < -0.4 is 5.32 Å². The van der Waals surface area contributed by atoms with Gasteiger partial charge in [-0.2, -0.15) is 0 Å². The van der Waals surface area contributed by atoms with E-state index in [0.717, 1.165) is 0 Å². The average Bonchev–Trinajstić information content (AvgIpc) is 3.07. The van der Waals surface area contributed by atoms with Gasteiger partial charge in [-0.3, -0.25) is 9.59 Å². The van der Waals surface area contributed by atoms with Gasteiger partial charge in [0.05, 0.1) is 18.9 Å². The van der Waals surface area contributed by atoms with Crippen molar-refractivity contribution >= 4 is 11.9 Å². The van der Waals surface area contributed by atoms with Gasteiger partial charge in [-0.25, -0.2) is 13.2 Å². The van der Waals surface area contributed by atoms with Gasteiger partial charge in [-0.15, -0.1) is 0 Å². The van der Waals surface area contributed by atoms with Crippen molar-refractivity contribution in [2.24, 2.45) is 5.92 Å². The van der Waals surface area contributed by atoms with Crippen molar-refractivity contribution in [3.05, 3.63) is 107 Å². The lowest BCUT2D eigenvalue weighted by Crippen LogP contribution is -2.45. The Morgan fingerprint density at radius 1 is 0.879 bits per heavy atom. The van der Waals surface area contributed by atoms with Gasteiger partial charge in [-0.1, -0.05) is 54.6 Å². The topological polar surface area (TPSA) is 55.4 Å². The molecule has 1 fully saturated rings. The second-order valence-electron chi connectivity index (χ2n) is 7.87. The Labute approximate surface area is 189 Å². The first-order chi connectivity index (χ1) is 15.9. The van der Waals surface area contributed by atoms with Crippen molar-refractivity contribution in [2.75, 3.05) is 6.61 Å². The Bertz CT molecular complexity index is 1150. The third-order valence-electron chi connectivity index (χ3n) is 6.06. The van der Waals surface area contributed by atoms with E-state index >= 15 is 13.2 Å². The number of benzene rings is 3. The summed E-state index contributed by atoms with van der Waals surface area (Å²) in [4.78, 5) is 25.7. The normalized spacial score (nSPS) is 19.2. The summed E-state index contributed by atoms with van der Waals surface area (Å²) in [7, 11) is 0. The lowest BCUT2D eigenvalue weighted by Gasteiger charge is -2.38. The van der Waals surface area contributed by atoms with Gasteiger partial charge >= 0.3 is 5.97 Å². The molecule has 0 aliphatic carbocycles. The van der Waals surface area contributed by atoms with Gasteiger partial charge in [0, 0.05) is 17.0 Å². The number of carbonyl (C=O) groups excluding carboxylic acids is 2. The standard InChI is InChI=1S/C26H22F3NO3/c1-2-33-23(31)15-17-24(16-9-3-6-12-20(16)27)26(30-25(17)32,18-10-4-7-13-21(18)28)19-11-5-8-14-22(19)29/h3-14,17,24H,2,15H2,1H3,(H,30,32)/t17-,24?/m0/s1. The van der Waals surface area contributed by atoms with Crippen molar-refractivity contribution in [1.82, 2.24) is 5.32 Å². The number of esters is 1. The molecule has 1 N–H and O–H groups in total. The smallest absolute Gasteiger partial charge is 0.306 e. The van der Waals surface area contributed by atoms with E-state index in [-0.39, 0.29) is 29.7 Å². The summed E-state index contributed by atoms with van der Waals surface area (Å²) in [5, 5.41) is 2.76. The number of hydrogen-bond donors (Lipinski definition) is 1. The molecule has 0 spiro atoms. The van der Waals surface area contributed by atoms with Crippen molar-refractivity contribution in [3.63, 3.8) is 0 Å². The number of hydrogen-bond acceptors (Lipinski definition) is 3. The van der Waals surface area contributed by atoms with Gasteiger partial charge in [0.15, 0.2) is 0 Å². The molecule has 1 saturated heterocycles. The van der Waals surface area contributed by atoms with Crippen molar-refractivity contribution in [1.29, 1.82) is 0 Å². The minimum absolute atomic E-state index is 0.0249. The van der Waals surface area contributed by atoms with Crippen LogP contribution in [0, 0.1) is 23.4 Å². The monoisotopic (exact) mass is 453 g/mol. The number of rotatable bonds is 6. The molecule has 3 aromatic rings. The van der Waals surface area contributed by atoms with E-state index in [4.69, 9.17) is 4.74 Å². The predicted molar refractivity (Wildman–Crippen MR) is 116 cm³/mol. The molecule has 1 heterocycles. The zero-order valence-corrected chi connectivity index (χ0v) is 17.9. The van der Waals surface area contributed by atoms with Crippen molar-refractivity contribution in [2.45, 2.75) is 24.8 Å². The zero-order chi connectivity index (χ0) is 23.6. The van der Waals surface area contributed by atoms with Gasteiger partial charge in [0.25, 0.3) is 0 Å². The molecular formula is C26H22F3NO3. The summed E-state index contributed by atoms with van der Waals surface area (Å²) in [5.74, 6) is -5.58. The van der Waals surface area contributed by atoms with Gasteiger partial charge in [0.1, 0.15) is 23.0 Å². The van der Waals surface area contributed by atoms with E-state index in [2.05, 4.69) is 5.32 Å². The van der Waals surface area contributed by atoms with Gasteiger partial charge in [0.2, 0.25) is 5.91 Å². The molecule has 1 unspecified atom stereocenters. The van der Waals surface area contributed by atoms with Crippen LogP contribution in [0.4, 0.5) is 13.2 Å². The molecule has 0 radical (unpaired) electrons. The molecule has 4 rings (SSSR count). The Balaban J connectivity index is 2.04. The molecule has 0 bridgehead atoms. The third-order valence-corrected chi connectivity index (χ3v) is 6.06. The maximum atomic E-state index is 15.3. The van der Waals surface area contributed by atoms with Crippen LogP contribution in [0.2, 0.25) is 0 Å². The van der Waals surface area contributed by atoms with E-state index in [1.807, 2.05) is 0 Å². The fourth-order valence-corrected chi connectivity index (χ4v) is 4.78. The van der Waals surface area contributed by atoms with Crippen LogP contribution in [0.5, 0.6) is 0 Å². The summed E-state index contributed by atoms with van der Waals surface area (Å²) >= 11 is 0. The van der Waals surface area contributed by atoms with Gasteiger partial charge < -0.3 is 10.1 Å². The summed E-state index contributed by atoms with van der Waals surface area (Å²) in [6.45, 7) is 1.73. The third kappa shape index (κ3) is 3.88. The zero-order valence-electron chi connectivity index (χ0n) is 17.9. The number of amides is 1. The molecule has 1 amide bonds. The molecule has 0 saturated carbocycles. The SMILES string of the molecule is CCOC(=O)C[C@@H]1C(=O)NC(c2ccccc2F)(c2ccccc2F)C1c1ccccc1F. The summed E-state index contributed by atoms with van der Waals surface area (Å²) in [5.41, 5.74) is -1.78. The first kappa shape index (κ1) is 22.6. The van der Waals surface area contributed by atoms with E-state index in [9.17, 15) is 9.59 Å². The predicted octanol–water partition coefficient (Wildman–Crippen LogP) is 4.83. The van der Waals surface area contributed by atoms with Crippen LogP contribution in [0.1, 0.15) is 36.0 Å². The molecule has 2 atom stereocenters. The second-order valence-corrected chi connectivity index (χ2v) is 7.87. The van der Waals surface area contributed by atoms with Gasteiger partial charge in [-0.05, 0) is 30.7 Å². The van der Waals surface area contributed by atoms with E-state index < -0.39 is 46.7 Å². The first-order valence-corrected chi connectivity index (χ1v) is 10.6. The first-order valence-electron chi connectivity index (χ1n) is 10.6. The largest absolute Gasteiger partial charge is 0.466 e. The Morgan fingerprint density at radius 3 is 1.91 bits per heavy atom. The molecule has 0 aromatic heterocycles. The maximum absolute atomic E-state index is 15.3. The Morgan fingerprint density at radius 2 is 1.39 bits per heavy atom. The molecule has 7 heteroatoms. The second kappa shape index (κ2) is 9.10. The van der Waals surface area contributed by atoms with Crippen LogP contribution >= 0.6 is 0 Å². The van der Waals surface area contributed by atoms with Crippen LogP contribution in [0.25, 0.3) is 0 Å². The van der Waals surface area contributed by atoms with Crippen LogP contribution in [0.15, 0.2) is 72.8 Å². The fraction of sp³-hybridized carbons (Fsp3) is 0.231. The van der Waals surface area contributed by atoms with Crippen LogP contribution in [0.3, 0.4) is 0 Å². The van der Waals surface area contributed by atoms with Crippen LogP contribution in [-0.4, -0.2) is 18.5 Å². The molecule has 33 heavy (non-hydrogen) atoms. The lowest BCUT2D eigenvalue weighted by atomic mass is 9.67. The minimum atomic E-state index is -1.80. The molecule has 3 aromatic carbocycles. The summed E-state index contributed by atoms with van der Waals surface area (Å²) in [6.07, 6.45) is -0.372. The average molecular weight is 453 g/mol. The number of carbonyl (C=O) groups is 2. The van der Waals surface area contributed by atoms with E-state index in [0.29, 0.717) is 0 Å². The van der Waals surface area contributed by atoms with Crippen LogP contribution in [-0.2, 0) is 19.9 Å². The molecule has 4 nitrogen and oxygen atoms in total. The maximum Gasteiger partial charge on any atom is 0.306 e. The number of halogens is 3. The molecule has 170 valence electrons. The molecular weight excluding hydrogens is 431 g/mol.